The van der Waals surface area contributed by atoms with E-state index in [-0.39, 0.29) is 12.2 Å². The van der Waals surface area contributed by atoms with Crippen LogP contribution in [-0.4, -0.2) is 32.6 Å². The summed E-state index contributed by atoms with van der Waals surface area (Å²) in [6, 6.07) is 23.8. The maximum Gasteiger partial charge on any atom is 0.342 e. The van der Waals surface area contributed by atoms with E-state index in [0.29, 0.717) is 18.0 Å². The minimum absolute atomic E-state index is 0.275. The first-order valence-electron chi connectivity index (χ1n) is 9.53. The molecule has 30 heavy (non-hydrogen) atoms. The molecular weight excluding hydrogens is 380 g/mol. The lowest BCUT2D eigenvalue weighted by atomic mass is 10.2. The van der Waals surface area contributed by atoms with Crippen LogP contribution in [0.1, 0.15) is 15.9 Å². The van der Waals surface area contributed by atoms with Crippen molar-refractivity contribution in [3.63, 3.8) is 0 Å². The van der Waals surface area contributed by atoms with Crippen molar-refractivity contribution in [1.29, 1.82) is 0 Å². The average molecular weight is 404 g/mol. The molecular formula is C24H24N2O4. The largest absolute Gasteiger partial charge is 0.488 e. The van der Waals surface area contributed by atoms with Crippen molar-refractivity contribution in [3.8, 4) is 5.75 Å². The van der Waals surface area contributed by atoms with Gasteiger partial charge in [0.1, 0.15) is 17.9 Å². The Kier molecular flexibility index (Phi) is 7.05. The molecule has 0 aliphatic carbocycles. The molecule has 6 nitrogen and oxygen atoms in total. The van der Waals surface area contributed by atoms with E-state index in [4.69, 9.17) is 9.47 Å². The Bertz CT molecular complexity index is 986. The van der Waals surface area contributed by atoms with Crippen molar-refractivity contribution in [3.05, 3.63) is 90.0 Å². The molecule has 0 atom stereocenters. The molecule has 0 bridgehead atoms. The highest BCUT2D eigenvalue weighted by Crippen LogP contribution is 2.20. The topological polar surface area (TPSA) is 67.9 Å². The molecule has 0 aromatic heterocycles. The first-order chi connectivity index (χ1) is 14.5. The van der Waals surface area contributed by atoms with Gasteiger partial charge < -0.3 is 19.7 Å². The third kappa shape index (κ3) is 5.85. The predicted octanol–water partition coefficient (Wildman–Crippen LogP) is 4.13. The molecule has 0 aliphatic rings. The molecule has 1 amide bonds. The van der Waals surface area contributed by atoms with Crippen LogP contribution < -0.4 is 15.0 Å². The Balaban J connectivity index is 1.54. The molecule has 1 N–H and O–H groups in total. The molecule has 0 saturated carbocycles. The fourth-order valence-electron chi connectivity index (χ4n) is 2.75. The van der Waals surface area contributed by atoms with Crippen LogP contribution in [0.5, 0.6) is 5.75 Å². The SMILES string of the molecule is CN(C)c1ccc(NC(=O)COC(=O)c2ccccc2OCc2ccccc2)cc1. The van der Waals surface area contributed by atoms with E-state index >= 15 is 0 Å². The van der Waals surface area contributed by atoms with Crippen LogP contribution >= 0.6 is 0 Å². The van der Waals surface area contributed by atoms with E-state index in [9.17, 15) is 9.59 Å². The number of carbonyl (C=O) groups excluding carboxylic acids is 2. The van der Waals surface area contributed by atoms with Crippen LogP contribution in [0.15, 0.2) is 78.9 Å². The fraction of sp³-hybridized carbons (Fsp3) is 0.167. The molecule has 0 saturated heterocycles. The second-order valence-electron chi connectivity index (χ2n) is 6.84. The maximum atomic E-state index is 12.5. The number of amides is 1. The highest BCUT2D eigenvalue weighted by atomic mass is 16.5. The predicted molar refractivity (Wildman–Crippen MR) is 117 cm³/mol. The van der Waals surface area contributed by atoms with Crippen molar-refractivity contribution in [2.24, 2.45) is 0 Å². The normalized spacial score (nSPS) is 10.2. The van der Waals surface area contributed by atoms with E-state index in [0.717, 1.165) is 11.3 Å². The summed E-state index contributed by atoms with van der Waals surface area (Å²) in [6.45, 7) is -0.0597. The van der Waals surface area contributed by atoms with Gasteiger partial charge in [-0.3, -0.25) is 4.79 Å². The number of benzene rings is 3. The molecule has 3 aromatic carbocycles. The maximum absolute atomic E-state index is 12.5. The number of nitrogens with zero attached hydrogens (tertiary/aromatic N) is 1. The van der Waals surface area contributed by atoms with Gasteiger partial charge in [0.05, 0.1) is 0 Å². The lowest BCUT2D eigenvalue weighted by Crippen LogP contribution is -2.21. The zero-order valence-electron chi connectivity index (χ0n) is 17.0. The van der Waals surface area contributed by atoms with Gasteiger partial charge >= 0.3 is 5.97 Å². The van der Waals surface area contributed by atoms with Gasteiger partial charge in [-0.2, -0.15) is 0 Å². The number of rotatable bonds is 8. The summed E-state index contributed by atoms with van der Waals surface area (Å²) in [5.74, 6) is -0.619. The molecule has 6 heteroatoms. The van der Waals surface area contributed by atoms with Crippen molar-refractivity contribution in [2.45, 2.75) is 6.61 Å². The first-order valence-corrected chi connectivity index (χ1v) is 9.53. The molecule has 3 rings (SSSR count). The van der Waals surface area contributed by atoms with Gasteiger partial charge in [-0.25, -0.2) is 4.79 Å². The highest BCUT2D eigenvalue weighted by Gasteiger charge is 2.15. The second kappa shape index (κ2) is 10.1. The van der Waals surface area contributed by atoms with Crippen LogP contribution in [0.2, 0.25) is 0 Å². The monoisotopic (exact) mass is 404 g/mol. The van der Waals surface area contributed by atoms with Gasteiger partial charge in [0.15, 0.2) is 6.61 Å². The van der Waals surface area contributed by atoms with Crippen LogP contribution in [0.3, 0.4) is 0 Å². The van der Waals surface area contributed by atoms with Crippen molar-refractivity contribution in [2.75, 3.05) is 30.9 Å². The van der Waals surface area contributed by atoms with E-state index in [1.165, 1.54) is 0 Å². The molecule has 0 spiro atoms. The number of para-hydroxylation sites is 1. The molecule has 0 aliphatic heterocycles. The number of hydrogen-bond acceptors (Lipinski definition) is 5. The van der Waals surface area contributed by atoms with Gasteiger partial charge in [-0.1, -0.05) is 42.5 Å². The van der Waals surface area contributed by atoms with E-state index < -0.39 is 11.9 Å². The molecule has 0 heterocycles. The van der Waals surface area contributed by atoms with Gasteiger partial charge in [-0.15, -0.1) is 0 Å². The van der Waals surface area contributed by atoms with Gasteiger partial charge in [0, 0.05) is 25.5 Å². The van der Waals surface area contributed by atoms with Gasteiger partial charge in [0.25, 0.3) is 5.91 Å². The zero-order valence-corrected chi connectivity index (χ0v) is 17.0. The van der Waals surface area contributed by atoms with Crippen molar-refractivity contribution in [1.82, 2.24) is 0 Å². The third-order valence-electron chi connectivity index (χ3n) is 4.35. The summed E-state index contributed by atoms with van der Waals surface area (Å²) in [5.41, 5.74) is 2.91. The van der Waals surface area contributed by atoms with Gasteiger partial charge in [-0.05, 0) is 42.0 Å². The molecule has 0 unspecified atom stereocenters. The Morgan fingerprint density at radius 3 is 2.23 bits per heavy atom. The summed E-state index contributed by atoms with van der Waals surface area (Å²) in [7, 11) is 3.88. The molecule has 0 radical (unpaired) electrons. The Hall–Kier alpha value is -3.80. The standard InChI is InChI=1S/C24H24N2O4/c1-26(2)20-14-12-19(13-15-20)25-23(27)17-30-24(28)21-10-6-7-11-22(21)29-16-18-8-4-3-5-9-18/h3-15H,16-17H2,1-2H3,(H,25,27). The molecule has 0 fully saturated rings. The average Bonchev–Trinajstić information content (AvgIpc) is 2.77. The Labute approximate surface area is 176 Å². The first kappa shape index (κ1) is 20.9. The number of carbonyl (C=O) groups is 2. The number of anilines is 2. The van der Waals surface area contributed by atoms with Crippen LogP contribution in [-0.2, 0) is 16.1 Å². The van der Waals surface area contributed by atoms with Crippen LogP contribution in [0.25, 0.3) is 0 Å². The Morgan fingerprint density at radius 2 is 1.53 bits per heavy atom. The zero-order chi connectivity index (χ0) is 21.3. The number of hydrogen-bond donors (Lipinski definition) is 1. The summed E-state index contributed by atoms with van der Waals surface area (Å²) in [4.78, 5) is 26.6. The molecule has 154 valence electrons. The quantitative estimate of drug-likeness (QED) is 0.572. The van der Waals surface area contributed by atoms with E-state index in [1.54, 1.807) is 36.4 Å². The minimum Gasteiger partial charge on any atom is -0.488 e. The van der Waals surface area contributed by atoms with Gasteiger partial charge in [0.2, 0.25) is 0 Å². The fourth-order valence-corrected chi connectivity index (χ4v) is 2.75. The number of nitrogens with one attached hydrogen (secondary N) is 1. The summed E-state index contributed by atoms with van der Waals surface area (Å²) in [6.07, 6.45) is 0. The van der Waals surface area contributed by atoms with E-state index in [2.05, 4.69) is 5.32 Å². The molecule has 3 aromatic rings. The Morgan fingerprint density at radius 1 is 0.867 bits per heavy atom. The third-order valence-corrected chi connectivity index (χ3v) is 4.35. The van der Waals surface area contributed by atoms with Crippen molar-refractivity contribution < 1.29 is 19.1 Å². The second-order valence-corrected chi connectivity index (χ2v) is 6.84. The highest BCUT2D eigenvalue weighted by molar-refractivity contribution is 5.96. The number of ether oxygens (including phenoxy) is 2. The summed E-state index contributed by atoms with van der Waals surface area (Å²) >= 11 is 0. The number of esters is 1. The van der Waals surface area contributed by atoms with Crippen molar-refractivity contribution >= 4 is 23.3 Å². The smallest absolute Gasteiger partial charge is 0.342 e. The van der Waals surface area contributed by atoms with Crippen LogP contribution in [0.4, 0.5) is 11.4 Å². The summed E-state index contributed by atoms with van der Waals surface area (Å²) in [5, 5.41) is 2.71. The van der Waals surface area contributed by atoms with E-state index in [1.807, 2.05) is 61.5 Å². The lowest BCUT2D eigenvalue weighted by Gasteiger charge is -2.13. The minimum atomic E-state index is -0.614. The lowest BCUT2D eigenvalue weighted by molar-refractivity contribution is -0.119. The summed E-state index contributed by atoms with van der Waals surface area (Å²) < 4.78 is 10.9. The van der Waals surface area contributed by atoms with Crippen LogP contribution in [0, 0.1) is 0 Å².